The summed E-state index contributed by atoms with van der Waals surface area (Å²) in [5.41, 5.74) is 10.4. The van der Waals surface area contributed by atoms with Crippen LogP contribution in [0.2, 0.25) is 0 Å². The maximum atomic E-state index is 12.4. The summed E-state index contributed by atoms with van der Waals surface area (Å²) < 4.78 is 37.2. The van der Waals surface area contributed by atoms with E-state index in [-0.39, 0.29) is 5.56 Å². The second kappa shape index (κ2) is 3.59. The molecule has 0 atom stereocenters. The van der Waals surface area contributed by atoms with Crippen molar-refractivity contribution in [2.75, 3.05) is 0 Å². The highest BCUT2D eigenvalue weighted by Crippen LogP contribution is 2.33. The molecular weight excluding hydrogens is 193 g/mol. The van der Waals surface area contributed by atoms with Gasteiger partial charge in [-0.05, 0) is 24.1 Å². The molecule has 1 aromatic rings. The fourth-order valence-electron chi connectivity index (χ4n) is 1.32. The first-order chi connectivity index (χ1) is 6.34. The van der Waals surface area contributed by atoms with Crippen molar-refractivity contribution in [1.82, 2.24) is 0 Å². The Kier molecular flexibility index (Phi) is 2.82. The zero-order valence-corrected chi connectivity index (χ0v) is 7.60. The van der Waals surface area contributed by atoms with Crippen LogP contribution in [0.3, 0.4) is 0 Å². The van der Waals surface area contributed by atoms with Crippen molar-refractivity contribution in [3.05, 3.63) is 34.9 Å². The van der Waals surface area contributed by atoms with Gasteiger partial charge in [-0.2, -0.15) is 13.2 Å². The van der Waals surface area contributed by atoms with E-state index in [1.54, 1.807) is 0 Å². The summed E-state index contributed by atoms with van der Waals surface area (Å²) in [6, 6.07) is 3.81. The van der Waals surface area contributed by atoms with Crippen molar-refractivity contribution < 1.29 is 13.2 Å². The zero-order valence-electron chi connectivity index (χ0n) is 7.60. The van der Waals surface area contributed by atoms with E-state index in [1.165, 1.54) is 19.1 Å². The molecule has 0 aliphatic rings. The van der Waals surface area contributed by atoms with Crippen LogP contribution in [0.25, 0.3) is 0 Å². The summed E-state index contributed by atoms with van der Waals surface area (Å²) >= 11 is 0. The molecule has 0 unspecified atom stereocenters. The van der Waals surface area contributed by atoms with Gasteiger partial charge in [-0.3, -0.25) is 0 Å². The molecule has 14 heavy (non-hydrogen) atoms. The molecule has 0 heterocycles. The first-order valence-electron chi connectivity index (χ1n) is 4.02. The van der Waals surface area contributed by atoms with Gasteiger partial charge in [0, 0.05) is 0 Å². The Morgan fingerprint density at radius 3 is 2.21 bits per heavy atom. The van der Waals surface area contributed by atoms with Crippen molar-refractivity contribution in [3.63, 3.8) is 0 Å². The van der Waals surface area contributed by atoms with Crippen LogP contribution in [0.5, 0.6) is 0 Å². The molecule has 5 heteroatoms. The lowest BCUT2D eigenvalue weighted by atomic mass is 10.0. The minimum absolute atomic E-state index is 0.0926. The van der Waals surface area contributed by atoms with E-state index in [4.69, 9.17) is 11.5 Å². The third-order valence-electron chi connectivity index (χ3n) is 2.04. The Morgan fingerprint density at radius 1 is 1.21 bits per heavy atom. The molecule has 0 aliphatic carbocycles. The molecule has 0 aliphatic heterocycles. The van der Waals surface area contributed by atoms with Crippen LogP contribution >= 0.6 is 0 Å². The predicted octanol–water partition coefficient (Wildman–Crippen LogP) is 1.93. The standard InChI is InChI=1S/C9H11F3N2/c1-5-6(8(13)14)3-2-4-7(5)9(10,11)12/h2-4,8H,13-14H2,1H3. The molecule has 0 radical (unpaired) electrons. The number of alkyl halides is 3. The number of halogens is 3. The minimum atomic E-state index is -4.35. The molecule has 0 amide bonds. The molecule has 4 N–H and O–H groups in total. The average Bonchev–Trinajstić information content (AvgIpc) is 2.01. The number of hydrogen-bond acceptors (Lipinski definition) is 2. The largest absolute Gasteiger partial charge is 0.416 e. The molecule has 0 spiro atoms. The van der Waals surface area contributed by atoms with E-state index in [2.05, 4.69) is 0 Å². The third kappa shape index (κ3) is 2.05. The maximum absolute atomic E-state index is 12.4. The van der Waals surface area contributed by atoms with E-state index in [9.17, 15) is 13.2 Å². The fourth-order valence-corrected chi connectivity index (χ4v) is 1.32. The molecule has 0 saturated carbocycles. The first kappa shape index (κ1) is 11.0. The average molecular weight is 204 g/mol. The fraction of sp³-hybridized carbons (Fsp3) is 0.333. The van der Waals surface area contributed by atoms with E-state index >= 15 is 0 Å². The molecule has 1 rings (SSSR count). The molecule has 0 fully saturated rings. The molecular formula is C9H11F3N2. The Labute approximate surface area is 79.7 Å². The van der Waals surface area contributed by atoms with Crippen LogP contribution in [0.15, 0.2) is 18.2 Å². The van der Waals surface area contributed by atoms with Gasteiger partial charge in [0.15, 0.2) is 0 Å². The summed E-state index contributed by atoms with van der Waals surface area (Å²) in [5, 5.41) is 0. The van der Waals surface area contributed by atoms with E-state index in [0.717, 1.165) is 6.07 Å². The van der Waals surface area contributed by atoms with Gasteiger partial charge in [0.25, 0.3) is 0 Å². The van der Waals surface area contributed by atoms with Gasteiger partial charge in [0.2, 0.25) is 0 Å². The number of rotatable bonds is 1. The Bertz CT molecular complexity index is 331. The summed E-state index contributed by atoms with van der Waals surface area (Å²) in [6.45, 7) is 1.37. The van der Waals surface area contributed by atoms with Crippen molar-refractivity contribution >= 4 is 0 Å². The van der Waals surface area contributed by atoms with E-state index in [0.29, 0.717) is 5.56 Å². The van der Waals surface area contributed by atoms with Crippen LogP contribution in [-0.2, 0) is 6.18 Å². The van der Waals surface area contributed by atoms with Crippen LogP contribution < -0.4 is 11.5 Å². The summed E-state index contributed by atoms with van der Waals surface area (Å²) in [5.74, 6) is 0. The Hall–Kier alpha value is -1.07. The number of benzene rings is 1. The maximum Gasteiger partial charge on any atom is 0.416 e. The monoisotopic (exact) mass is 204 g/mol. The third-order valence-corrected chi connectivity index (χ3v) is 2.04. The summed E-state index contributed by atoms with van der Waals surface area (Å²) in [6.07, 6.45) is -5.23. The van der Waals surface area contributed by atoms with Crippen molar-refractivity contribution in [3.8, 4) is 0 Å². The highest BCUT2D eigenvalue weighted by molar-refractivity contribution is 5.37. The lowest BCUT2D eigenvalue weighted by Gasteiger charge is -2.15. The van der Waals surface area contributed by atoms with Crippen LogP contribution in [0.1, 0.15) is 22.9 Å². The second-order valence-electron chi connectivity index (χ2n) is 3.04. The molecule has 2 nitrogen and oxygen atoms in total. The highest BCUT2D eigenvalue weighted by Gasteiger charge is 2.33. The quantitative estimate of drug-likeness (QED) is 0.687. The molecule has 0 bridgehead atoms. The van der Waals surface area contributed by atoms with E-state index in [1.807, 2.05) is 0 Å². The molecule has 78 valence electrons. The van der Waals surface area contributed by atoms with Gasteiger partial charge in [0.05, 0.1) is 11.7 Å². The smallest absolute Gasteiger partial charge is 0.312 e. The SMILES string of the molecule is Cc1c(C(N)N)cccc1C(F)(F)F. The first-order valence-corrected chi connectivity index (χ1v) is 4.02. The lowest BCUT2D eigenvalue weighted by Crippen LogP contribution is -2.22. The van der Waals surface area contributed by atoms with E-state index < -0.39 is 17.9 Å². The van der Waals surface area contributed by atoms with Crippen molar-refractivity contribution in [1.29, 1.82) is 0 Å². The van der Waals surface area contributed by atoms with Crippen molar-refractivity contribution in [2.24, 2.45) is 11.5 Å². The van der Waals surface area contributed by atoms with Crippen LogP contribution in [0, 0.1) is 6.92 Å². The van der Waals surface area contributed by atoms with Gasteiger partial charge in [-0.25, -0.2) is 0 Å². The van der Waals surface area contributed by atoms with Crippen molar-refractivity contribution in [2.45, 2.75) is 19.3 Å². The number of hydrogen-bond donors (Lipinski definition) is 2. The van der Waals surface area contributed by atoms with Gasteiger partial charge >= 0.3 is 6.18 Å². The van der Waals surface area contributed by atoms with Crippen LogP contribution in [-0.4, -0.2) is 0 Å². The van der Waals surface area contributed by atoms with Gasteiger partial charge in [-0.15, -0.1) is 0 Å². The Morgan fingerprint density at radius 2 is 1.79 bits per heavy atom. The normalized spacial score (nSPS) is 12.2. The highest BCUT2D eigenvalue weighted by atomic mass is 19.4. The topological polar surface area (TPSA) is 52.0 Å². The van der Waals surface area contributed by atoms with Gasteiger partial charge in [-0.1, -0.05) is 12.1 Å². The van der Waals surface area contributed by atoms with Crippen LogP contribution in [0.4, 0.5) is 13.2 Å². The molecule has 1 aromatic carbocycles. The Balaban J connectivity index is 3.28. The summed E-state index contributed by atoms with van der Waals surface area (Å²) in [7, 11) is 0. The second-order valence-corrected chi connectivity index (χ2v) is 3.04. The zero-order chi connectivity index (χ0) is 10.9. The lowest BCUT2D eigenvalue weighted by molar-refractivity contribution is -0.138. The minimum Gasteiger partial charge on any atom is -0.312 e. The summed E-state index contributed by atoms with van der Waals surface area (Å²) in [4.78, 5) is 0. The van der Waals surface area contributed by atoms with Gasteiger partial charge < -0.3 is 11.5 Å². The predicted molar refractivity (Wildman–Crippen MR) is 47.3 cm³/mol. The van der Waals surface area contributed by atoms with Gasteiger partial charge in [0.1, 0.15) is 0 Å². The molecule has 0 saturated heterocycles. The number of nitrogens with two attached hydrogens (primary N) is 2. The molecule has 0 aromatic heterocycles.